The summed E-state index contributed by atoms with van der Waals surface area (Å²) in [5.41, 5.74) is 0. The highest BCUT2D eigenvalue weighted by Crippen LogP contribution is 2.10. The molecule has 0 saturated carbocycles. The minimum Gasteiger partial charge on any atom is -0.335 e. The van der Waals surface area contributed by atoms with Gasteiger partial charge in [0.2, 0.25) is 5.91 Å². The molecule has 2 aliphatic heterocycles. The first-order valence-electron chi connectivity index (χ1n) is 5.02. The highest BCUT2D eigenvalue weighted by Gasteiger charge is 2.28. The minimum absolute atomic E-state index is 0.259. The Labute approximate surface area is 79.8 Å². The average Bonchev–Trinajstić information content (AvgIpc) is 2.56. The van der Waals surface area contributed by atoms with Gasteiger partial charge in [0.1, 0.15) is 0 Å². The number of hydrogen-bond acceptors (Lipinski definition) is 2. The van der Waals surface area contributed by atoms with Crippen molar-refractivity contribution in [3.8, 4) is 0 Å². The minimum atomic E-state index is 0.259. The molecule has 0 unspecified atom stereocenters. The Bertz CT molecular complexity index is 189. The van der Waals surface area contributed by atoms with Crippen LogP contribution >= 0.6 is 0 Å². The van der Waals surface area contributed by atoms with E-state index in [1.807, 2.05) is 30.9 Å². The fraction of sp³-hybridized carbons (Fsp3) is 0.700. The van der Waals surface area contributed by atoms with E-state index in [0.717, 1.165) is 26.2 Å². The van der Waals surface area contributed by atoms with Gasteiger partial charge in [0.05, 0.1) is 5.92 Å². The second-order valence-electron chi connectivity index (χ2n) is 3.07. The standard InChI is InChI=1S/C8H12N2O.C2H6/c11-8(7-5-9-6-7)10-3-1-2-4-10;1-2/h1-2,7,9H,3-6H2;1-2H3. The van der Waals surface area contributed by atoms with Crippen molar-refractivity contribution in [2.75, 3.05) is 26.2 Å². The Balaban J connectivity index is 0.000000396. The Hall–Kier alpha value is -0.830. The lowest BCUT2D eigenvalue weighted by molar-refractivity contribution is -0.135. The van der Waals surface area contributed by atoms with Crippen molar-refractivity contribution in [2.24, 2.45) is 5.92 Å². The van der Waals surface area contributed by atoms with Crippen molar-refractivity contribution < 1.29 is 4.79 Å². The van der Waals surface area contributed by atoms with E-state index in [0.29, 0.717) is 5.91 Å². The third kappa shape index (κ3) is 2.31. The predicted octanol–water partition coefficient (Wildman–Crippen LogP) is 0.630. The van der Waals surface area contributed by atoms with E-state index in [2.05, 4.69) is 5.32 Å². The van der Waals surface area contributed by atoms with E-state index in [9.17, 15) is 4.79 Å². The van der Waals surface area contributed by atoms with Gasteiger partial charge >= 0.3 is 0 Å². The van der Waals surface area contributed by atoms with Gasteiger partial charge in [0.25, 0.3) is 0 Å². The largest absolute Gasteiger partial charge is 0.335 e. The van der Waals surface area contributed by atoms with Crippen molar-refractivity contribution >= 4 is 5.91 Å². The second-order valence-corrected chi connectivity index (χ2v) is 3.07. The highest BCUT2D eigenvalue weighted by molar-refractivity contribution is 5.80. The van der Waals surface area contributed by atoms with Gasteiger partial charge < -0.3 is 10.2 Å². The molecule has 0 aromatic rings. The van der Waals surface area contributed by atoms with E-state index in [4.69, 9.17) is 0 Å². The van der Waals surface area contributed by atoms with Crippen LogP contribution in [0, 0.1) is 5.92 Å². The molecule has 2 aliphatic rings. The van der Waals surface area contributed by atoms with Crippen LogP contribution in [0.15, 0.2) is 12.2 Å². The van der Waals surface area contributed by atoms with E-state index in [1.54, 1.807) is 0 Å². The fourth-order valence-electron chi connectivity index (χ4n) is 1.38. The third-order valence-corrected chi connectivity index (χ3v) is 2.26. The number of amides is 1. The van der Waals surface area contributed by atoms with Crippen LogP contribution in [0.25, 0.3) is 0 Å². The molecule has 0 spiro atoms. The summed E-state index contributed by atoms with van der Waals surface area (Å²) >= 11 is 0. The van der Waals surface area contributed by atoms with Crippen molar-refractivity contribution in [2.45, 2.75) is 13.8 Å². The normalized spacial score (nSPS) is 20.6. The number of carbonyl (C=O) groups excluding carboxylic acids is 1. The lowest BCUT2D eigenvalue weighted by atomic mass is 10.0. The number of rotatable bonds is 1. The van der Waals surface area contributed by atoms with Crippen LogP contribution < -0.4 is 5.32 Å². The van der Waals surface area contributed by atoms with Gasteiger partial charge in [-0.2, -0.15) is 0 Å². The van der Waals surface area contributed by atoms with Gasteiger partial charge in [-0.05, 0) is 0 Å². The zero-order chi connectivity index (χ0) is 9.68. The van der Waals surface area contributed by atoms with Gasteiger partial charge in [0.15, 0.2) is 0 Å². The van der Waals surface area contributed by atoms with E-state index in [1.165, 1.54) is 0 Å². The van der Waals surface area contributed by atoms with E-state index < -0.39 is 0 Å². The van der Waals surface area contributed by atoms with Crippen molar-refractivity contribution in [3.05, 3.63) is 12.2 Å². The van der Waals surface area contributed by atoms with Gasteiger partial charge in [-0.25, -0.2) is 0 Å². The zero-order valence-electron chi connectivity index (χ0n) is 8.42. The molecule has 0 radical (unpaired) electrons. The van der Waals surface area contributed by atoms with Crippen LogP contribution in [0.1, 0.15) is 13.8 Å². The predicted molar refractivity (Wildman–Crippen MR) is 53.4 cm³/mol. The van der Waals surface area contributed by atoms with Crippen LogP contribution in [0.5, 0.6) is 0 Å². The van der Waals surface area contributed by atoms with Crippen molar-refractivity contribution in [1.29, 1.82) is 0 Å². The molecule has 1 amide bonds. The maximum atomic E-state index is 11.5. The first-order chi connectivity index (χ1) is 6.38. The topological polar surface area (TPSA) is 32.3 Å². The SMILES string of the molecule is CC.O=C(C1CNC1)N1CC=CC1. The van der Waals surface area contributed by atoms with Crippen molar-refractivity contribution in [3.63, 3.8) is 0 Å². The molecule has 0 atom stereocenters. The van der Waals surface area contributed by atoms with Crippen LogP contribution in [0.3, 0.4) is 0 Å². The number of hydrogen-bond donors (Lipinski definition) is 1. The molecule has 2 rings (SSSR count). The van der Waals surface area contributed by atoms with Crippen LogP contribution in [0.4, 0.5) is 0 Å². The molecule has 2 heterocycles. The Morgan fingerprint density at radius 2 is 1.85 bits per heavy atom. The molecule has 1 fully saturated rings. The van der Waals surface area contributed by atoms with Crippen molar-refractivity contribution in [1.82, 2.24) is 10.2 Å². The van der Waals surface area contributed by atoms with E-state index >= 15 is 0 Å². The lowest BCUT2D eigenvalue weighted by Gasteiger charge is -2.29. The van der Waals surface area contributed by atoms with Gasteiger partial charge in [0, 0.05) is 26.2 Å². The Kier molecular flexibility index (Phi) is 3.96. The van der Waals surface area contributed by atoms with Crippen LogP contribution in [-0.2, 0) is 4.79 Å². The third-order valence-electron chi connectivity index (χ3n) is 2.26. The second kappa shape index (κ2) is 5.02. The average molecular weight is 182 g/mol. The molecular formula is C10H18N2O. The molecule has 0 aromatic carbocycles. The number of carbonyl (C=O) groups is 1. The molecule has 3 nitrogen and oxygen atoms in total. The molecule has 1 N–H and O–H groups in total. The molecule has 13 heavy (non-hydrogen) atoms. The summed E-state index contributed by atoms with van der Waals surface area (Å²) in [5, 5.41) is 3.10. The van der Waals surface area contributed by atoms with E-state index in [-0.39, 0.29) is 5.92 Å². The zero-order valence-corrected chi connectivity index (χ0v) is 8.42. The molecular weight excluding hydrogens is 164 g/mol. The first-order valence-corrected chi connectivity index (χ1v) is 5.02. The summed E-state index contributed by atoms with van der Waals surface area (Å²) in [6.45, 7) is 7.37. The smallest absolute Gasteiger partial charge is 0.228 e. The molecule has 1 saturated heterocycles. The maximum Gasteiger partial charge on any atom is 0.228 e. The lowest BCUT2D eigenvalue weighted by Crippen LogP contribution is -2.51. The summed E-state index contributed by atoms with van der Waals surface area (Å²) in [6, 6.07) is 0. The molecule has 3 heteroatoms. The van der Waals surface area contributed by atoms with Gasteiger partial charge in [-0.3, -0.25) is 4.79 Å². The molecule has 0 bridgehead atoms. The van der Waals surface area contributed by atoms with Gasteiger partial charge in [-0.15, -0.1) is 0 Å². The van der Waals surface area contributed by atoms with Gasteiger partial charge in [-0.1, -0.05) is 26.0 Å². The number of nitrogens with zero attached hydrogens (tertiary/aromatic N) is 1. The van der Waals surface area contributed by atoms with Crippen LogP contribution in [-0.4, -0.2) is 37.0 Å². The molecule has 0 aliphatic carbocycles. The molecule has 0 aromatic heterocycles. The fourth-order valence-corrected chi connectivity index (χ4v) is 1.38. The summed E-state index contributed by atoms with van der Waals surface area (Å²) in [5.74, 6) is 0.573. The Morgan fingerprint density at radius 1 is 1.31 bits per heavy atom. The molecule has 74 valence electrons. The summed E-state index contributed by atoms with van der Waals surface area (Å²) in [6.07, 6.45) is 4.09. The Morgan fingerprint density at radius 3 is 2.23 bits per heavy atom. The first kappa shape index (κ1) is 10.3. The highest BCUT2D eigenvalue weighted by atomic mass is 16.2. The quantitative estimate of drug-likeness (QED) is 0.603. The summed E-state index contributed by atoms with van der Waals surface area (Å²) in [4.78, 5) is 13.4. The monoisotopic (exact) mass is 182 g/mol. The summed E-state index contributed by atoms with van der Waals surface area (Å²) in [7, 11) is 0. The number of nitrogens with one attached hydrogen (secondary N) is 1. The van der Waals surface area contributed by atoms with Crippen LogP contribution in [0.2, 0.25) is 0 Å². The maximum absolute atomic E-state index is 11.5. The summed E-state index contributed by atoms with van der Waals surface area (Å²) < 4.78 is 0.